The highest BCUT2D eigenvalue weighted by Gasteiger charge is 1.99. The fraction of sp³-hybridized carbons (Fsp3) is 0.667. The maximum Gasteiger partial charge on any atom is 0.0291 e. The van der Waals surface area contributed by atoms with E-state index in [2.05, 4.69) is 38.7 Å². The summed E-state index contributed by atoms with van der Waals surface area (Å²) in [5.41, 5.74) is 2.30. The molecule has 0 aliphatic rings. The Morgan fingerprint density at radius 2 is 2.15 bits per heavy atom. The predicted octanol–water partition coefficient (Wildman–Crippen LogP) is 3.49. The molecule has 1 nitrogen and oxygen atoms in total. The van der Waals surface area contributed by atoms with Crippen LogP contribution in [0, 0.1) is 5.92 Å². The third-order valence-electron chi connectivity index (χ3n) is 2.39. The minimum absolute atomic E-state index is 0.796. The van der Waals surface area contributed by atoms with Crippen LogP contribution in [-0.2, 0) is 0 Å². The van der Waals surface area contributed by atoms with Gasteiger partial charge in [-0.05, 0) is 24.8 Å². The zero-order valence-electron chi connectivity index (χ0n) is 9.48. The lowest BCUT2D eigenvalue weighted by Gasteiger charge is -2.08. The van der Waals surface area contributed by atoms with Crippen molar-refractivity contribution >= 4 is 0 Å². The molecule has 0 fully saturated rings. The summed E-state index contributed by atoms with van der Waals surface area (Å²) < 4.78 is 0. The first-order chi connectivity index (χ1) is 6.11. The molecule has 0 amide bonds. The molecule has 0 aliphatic heterocycles. The van der Waals surface area contributed by atoms with E-state index in [9.17, 15) is 0 Å². The van der Waals surface area contributed by atoms with E-state index in [4.69, 9.17) is 0 Å². The van der Waals surface area contributed by atoms with Crippen LogP contribution in [0.4, 0.5) is 0 Å². The monoisotopic (exact) mass is 181 g/mol. The number of rotatable bonds is 6. The highest BCUT2D eigenvalue weighted by Crippen LogP contribution is 2.13. The molecule has 0 spiro atoms. The van der Waals surface area contributed by atoms with E-state index in [1.807, 2.05) is 7.05 Å². The first-order valence-corrected chi connectivity index (χ1v) is 5.15. The van der Waals surface area contributed by atoms with Gasteiger partial charge in [-0.3, -0.25) is 0 Å². The Morgan fingerprint density at radius 3 is 2.62 bits per heavy atom. The zero-order valence-corrected chi connectivity index (χ0v) is 9.48. The second-order valence-corrected chi connectivity index (χ2v) is 3.75. The summed E-state index contributed by atoms with van der Waals surface area (Å²) in [5.74, 6) is 0.796. The van der Waals surface area contributed by atoms with Gasteiger partial charge in [0.15, 0.2) is 0 Å². The van der Waals surface area contributed by atoms with Crippen LogP contribution in [0.3, 0.4) is 0 Å². The third kappa shape index (κ3) is 5.51. The van der Waals surface area contributed by atoms with Crippen molar-refractivity contribution in [3.63, 3.8) is 0 Å². The molecule has 0 aliphatic carbocycles. The van der Waals surface area contributed by atoms with Crippen LogP contribution < -0.4 is 5.32 Å². The fourth-order valence-electron chi connectivity index (χ4n) is 1.31. The lowest BCUT2D eigenvalue weighted by Crippen LogP contribution is -2.05. The fourth-order valence-corrected chi connectivity index (χ4v) is 1.31. The van der Waals surface area contributed by atoms with Gasteiger partial charge < -0.3 is 5.32 Å². The molecule has 0 bridgehead atoms. The first kappa shape index (κ1) is 12.3. The maximum absolute atomic E-state index is 3.92. The van der Waals surface area contributed by atoms with Gasteiger partial charge in [-0.1, -0.05) is 39.3 Å². The van der Waals surface area contributed by atoms with Crippen molar-refractivity contribution in [1.82, 2.24) is 5.32 Å². The van der Waals surface area contributed by atoms with Crippen molar-refractivity contribution in [2.75, 3.05) is 7.05 Å². The standard InChI is InChI=1S/C12H23N/c1-6-7-10(2)8-9-11(3)12(4)13-5/h9-10,13H,4,6-8H2,1-3,5H3/b11-9+. The highest BCUT2D eigenvalue weighted by atomic mass is 14.8. The molecule has 0 heterocycles. The number of hydrogen-bond acceptors (Lipinski definition) is 1. The molecule has 0 aromatic rings. The quantitative estimate of drug-likeness (QED) is 0.618. The van der Waals surface area contributed by atoms with Crippen molar-refractivity contribution in [3.05, 3.63) is 23.9 Å². The van der Waals surface area contributed by atoms with Crippen LogP contribution in [-0.4, -0.2) is 7.05 Å². The summed E-state index contributed by atoms with van der Waals surface area (Å²) in [6.45, 7) is 10.6. The summed E-state index contributed by atoms with van der Waals surface area (Å²) in [4.78, 5) is 0. The lowest BCUT2D eigenvalue weighted by atomic mass is 10.0. The summed E-state index contributed by atoms with van der Waals surface area (Å²) in [6.07, 6.45) is 6.04. The molecular weight excluding hydrogens is 158 g/mol. The summed E-state index contributed by atoms with van der Waals surface area (Å²) in [6, 6.07) is 0. The minimum atomic E-state index is 0.796. The van der Waals surface area contributed by atoms with E-state index < -0.39 is 0 Å². The van der Waals surface area contributed by atoms with Crippen LogP contribution >= 0.6 is 0 Å². The van der Waals surface area contributed by atoms with E-state index in [1.165, 1.54) is 24.8 Å². The van der Waals surface area contributed by atoms with Gasteiger partial charge >= 0.3 is 0 Å². The Bertz CT molecular complexity index is 180. The lowest BCUT2D eigenvalue weighted by molar-refractivity contribution is 0.531. The summed E-state index contributed by atoms with van der Waals surface area (Å²) in [5, 5.41) is 3.06. The Kier molecular flexibility index (Phi) is 6.38. The largest absolute Gasteiger partial charge is 0.388 e. The Morgan fingerprint density at radius 1 is 1.54 bits per heavy atom. The average molecular weight is 181 g/mol. The Labute approximate surface area is 82.9 Å². The van der Waals surface area contributed by atoms with Crippen molar-refractivity contribution < 1.29 is 0 Å². The van der Waals surface area contributed by atoms with Crippen LogP contribution in [0.25, 0.3) is 0 Å². The van der Waals surface area contributed by atoms with E-state index >= 15 is 0 Å². The van der Waals surface area contributed by atoms with Crippen LogP contribution in [0.2, 0.25) is 0 Å². The first-order valence-electron chi connectivity index (χ1n) is 5.15. The Hall–Kier alpha value is -0.720. The van der Waals surface area contributed by atoms with Gasteiger partial charge in [0, 0.05) is 12.7 Å². The van der Waals surface area contributed by atoms with Gasteiger partial charge in [0.25, 0.3) is 0 Å². The van der Waals surface area contributed by atoms with E-state index in [-0.39, 0.29) is 0 Å². The molecular formula is C12H23N. The van der Waals surface area contributed by atoms with Crippen LogP contribution in [0.5, 0.6) is 0 Å². The second kappa shape index (κ2) is 6.76. The molecule has 76 valence electrons. The smallest absolute Gasteiger partial charge is 0.0291 e. The van der Waals surface area contributed by atoms with Crippen molar-refractivity contribution in [3.8, 4) is 0 Å². The molecule has 0 saturated carbocycles. The van der Waals surface area contributed by atoms with E-state index in [0.717, 1.165) is 11.6 Å². The Balaban J connectivity index is 3.88. The average Bonchev–Trinajstić information content (AvgIpc) is 2.13. The molecule has 1 atom stereocenters. The summed E-state index contributed by atoms with van der Waals surface area (Å²) >= 11 is 0. The van der Waals surface area contributed by atoms with Crippen LogP contribution in [0.1, 0.15) is 40.0 Å². The SMILES string of the molecule is C=C(NC)/C(C)=C/CC(C)CCC. The van der Waals surface area contributed by atoms with Gasteiger partial charge in [-0.25, -0.2) is 0 Å². The molecule has 1 N–H and O–H groups in total. The number of likely N-dealkylation sites (N-methyl/N-ethyl adjacent to an activating group) is 1. The molecule has 0 saturated heterocycles. The third-order valence-corrected chi connectivity index (χ3v) is 2.39. The van der Waals surface area contributed by atoms with Crippen molar-refractivity contribution in [2.24, 2.45) is 5.92 Å². The van der Waals surface area contributed by atoms with E-state index in [1.54, 1.807) is 0 Å². The summed E-state index contributed by atoms with van der Waals surface area (Å²) in [7, 11) is 1.91. The van der Waals surface area contributed by atoms with Gasteiger partial charge in [-0.2, -0.15) is 0 Å². The minimum Gasteiger partial charge on any atom is -0.388 e. The zero-order chi connectivity index (χ0) is 10.3. The molecule has 0 rings (SSSR count). The molecule has 13 heavy (non-hydrogen) atoms. The number of hydrogen-bond donors (Lipinski definition) is 1. The van der Waals surface area contributed by atoms with Crippen molar-refractivity contribution in [2.45, 2.75) is 40.0 Å². The molecule has 1 unspecified atom stereocenters. The van der Waals surface area contributed by atoms with Gasteiger partial charge in [0.1, 0.15) is 0 Å². The number of nitrogens with one attached hydrogen (secondary N) is 1. The second-order valence-electron chi connectivity index (χ2n) is 3.75. The van der Waals surface area contributed by atoms with Gasteiger partial charge in [0.2, 0.25) is 0 Å². The molecule has 1 heteroatoms. The molecule has 0 aromatic carbocycles. The normalized spacial score (nSPS) is 14.0. The number of allylic oxidation sites excluding steroid dienone is 2. The van der Waals surface area contributed by atoms with Gasteiger partial charge in [-0.15, -0.1) is 0 Å². The molecule has 0 radical (unpaired) electrons. The van der Waals surface area contributed by atoms with Crippen molar-refractivity contribution in [1.29, 1.82) is 0 Å². The van der Waals surface area contributed by atoms with Crippen LogP contribution in [0.15, 0.2) is 23.9 Å². The van der Waals surface area contributed by atoms with E-state index in [0.29, 0.717) is 0 Å². The maximum atomic E-state index is 3.92. The molecule has 0 aromatic heterocycles. The predicted molar refractivity (Wildman–Crippen MR) is 60.6 cm³/mol. The highest BCUT2D eigenvalue weighted by molar-refractivity contribution is 5.23. The topological polar surface area (TPSA) is 12.0 Å². The van der Waals surface area contributed by atoms with Gasteiger partial charge in [0.05, 0.1) is 0 Å².